The topological polar surface area (TPSA) is 75.7 Å². The highest BCUT2D eigenvalue weighted by Gasteiger charge is 2.22. The van der Waals surface area contributed by atoms with Crippen LogP contribution < -0.4 is 9.46 Å². The van der Waals surface area contributed by atoms with Crippen LogP contribution in [0, 0.1) is 5.82 Å². The Balaban J connectivity index is 1.93. The largest absolute Gasteiger partial charge is 0.455 e. The maximum Gasteiger partial charge on any atom is 0.303 e. The highest BCUT2D eigenvalue weighted by atomic mass is 35.5. The van der Waals surface area contributed by atoms with E-state index in [2.05, 4.69) is 0 Å². The number of hydrogen-bond acceptors (Lipinski definition) is 4. The Morgan fingerprint density at radius 3 is 2.46 bits per heavy atom. The molecule has 0 unspecified atom stereocenters. The number of hydrogen-bond donors (Lipinski definition) is 1. The second kappa shape index (κ2) is 7.75. The number of carbonyl (C=O) groups excluding carboxylic acids is 1. The van der Waals surface area contributed by atoms with E-state index in [0.29, 0.717) is 5.75 Å². The van der Waals surface area contributed by atoms with E-state index in [-0.39, 0.29) is 10.8 Å². The zero-order valence-electron chi connectivity index (χ0n) is 14.9. The smallest absolute Gasteiger partial charge is 0.303 e. The molecule has 0 saturated carbocycles. The zero-order chi connectivity index (χ0) is 20.5. The molecule has 1 N–H and O–H groups in total. The van der Waals surface area contributed by atoms with Gasteiger partial charge in [0, 0.05) is 25.5 Å². The van der Waals surface area contributed by atoms with Gasteiger partial charge in [-0.2, -0.15) is 12.7 Å². The normalized spacial score (nSPS) is 11.6. The number of ether oxygens (including phenoxy) is 1. The van der Waals surface area contributed by atoms with E-state index in [4.69, 9.17) is 16.3 Å². The minimum atomic E-state index is -4.07. The lowest BCUT2D eigenvalue weighted by Crippen LogP contribution is -2.39. The first kappa shape index (κ1) is 20.1. The summed E-state index contributed by atoms with van der Waals surface area (Å²) in [5.74, 6) is -1.63. The summed E-state index contributed by atoms with van der Waals surface area (Å²) in [6.45, 7) is 0. The summed E-state index contributed by atoms with van der Waals surface area (Å²) >= 11 is 6.15. The third-order valence-corrected chi connectivity index (χ3v) is 5.64. The molecule has 0 heterocycles. The van der Waals surface area contributed by atoms with E-state index in [0.717, 1.165) is 27.2 Å². The van der Waals surface area contributed by atoms with Crippen molar-refractivity contribution in [1.82, 2.24) is 9.03 Å². The quantitative estimate of drug-likeness (QED) is 0.675. The van der Waals surface area contributed by atoms with Crippen LogP contribution in [0.15, 0.2) is 54.6 Å². The second-order valence-corrected chi connectivity index (χ2v) is 8.35. The van der Waals surface area contributed by atoms with Gasteiger partial charge in [-0.05, 0) is 17.5 Å². The minimum absolute atomic E-state index is 0.00235. The lowest BCUT2D eigenvalue weighted by molar-refractivity contribution is 0.0976. The van der Waals surface area contributed by atoms with Gasteiger partial charge in [-0.25, -0.2) is 9.11 Å². The van der Waals surface area contributed by atoms with Crippen LogP contribution in [0.5, 0.6) is 11.5 Å². The van der Waals surface area contributed by atoms with E-state index >= 15 is 0 Å². The van der Waals surface area contributed by atoms with E-state index in [1.807, 2.05) is 30.3 Å². The molecule has 0 radical (unpaired) electrons. The molecule has 0 bridgehead atoms. The van der Waals surface area contributed by atoms with Crippen molar-refractivity contribution >= 4 is 38.5 Å². The Morgan fingerprint density at radius 2 is 1.75 bits per heavy atom. The molecule has 9 heteroatoms. The first-order valence-corrected chi connectivity index (χ1v) is 9.90. The van der Waals surface area contributed by atoms with E-state index < -0.39 is 27.5 Å². The summed E-state index contributed by atoms with van der Waals surface area (Å²) in [6.07, 6.45) is 0. The van der Waals surface area contributed by atoms with Crippen molar-refractivity contribution in [1.29, 1.82) is 0 Å². The van der Waals surface area contributed by atoms with Crippen LogP contribution in [-0.4, -0.2) is 32.7 Å². The molecular weight excluding hydrogens is 407 g/mol. The standard InChI is InChI=1S/C19H16ClFN2O4S/c1-23(2)28(25,26)22-19(24)14-10-15(20)18(11-16(14)21)27-17-9-5-7-12-6-3-4-8-13(12)17/h3-11H,1-2H3,(H,22,24). The summed E-state index contributed by atoms with van der Waals surface area (Å²) in [5.41, 5.74) is -0.513. The SMILES string of the molecule is CN(C)S(=O)(=O)NC(=O)c1cc(Cl)c(Oc2cccc3ccccc23)cc1F. The van der Waals surface area contributed by atoms with Crippen molar-refractivity contribution in [2.75, 3.05) is 14.1 Å². The number of amides is 1. The highest BCUT2D eigenvalue weighted by molar-refractivity contribution is 7.87. The lowest BCUT2D eigenvalue weighted by Gasteiger charge is -2.14. The maximum atomic E-state index is 14.5. The van der Waals surface area contributed by atoms with Gasteiger partial charge in [0.25, 0.3) is 5.91 Å². The molecule has 0 spiro atoms. The number of nitrogens with zero attached hydrogens (tertiary/aromatic N) is 1. The predicted molar refractivity (Wildman–Crippen MR) is 106 cm³/mol. The van der Waals surface area contributed by atoms with Crippen molar-refractivity contribution in [2.45, 2.75) is 0 Å². The Hall–Kier alpha value is -2.68. The van der Waals surface area contributed by atoms with Crippen LogP contribution in [0.4, 0.5) is 4.39 Å². The summed E-state index contributed by atoms with van der Waals surface area (Å²) in [4.78, 5) is 12.1. The number of fused-ring (bicyclic) bond motifs is 1. The van der Waals surface area contributed by atoms with Crippen LogP contribution in [0.3, 0.4) is 0 Å². The summed E-state index contributed by atoms with van der Waals surface area (Å²) < 4.78 is 46.3. The van der Waals surface area contributed by atoms with Crippen LogP contribution in [0.25, 0.3) is 10.8 Å². The van der Waals surface area contributed by atoms with Gasteiger partial charge in [-0.3, -0.25) is 4.79 Å². The zero-order valence-corrected chi connectivity index (χ0v) is 16.5. The van der Waals surface area contributed by atoms with Crippen molar-refractivity contribution in [3.8, 4) is 11.5 Å². The van der Waals surface area contributed by atoms with Crippen molar-refractivity contribution < 1.29 is 22.3 Å². The maximum absolute atomic E-state index is 14.5. The van der Waals surface area contributed by atoms with Gasteiger partial charge in [0.1, 0.15) is 17.3 Å². The van der Waals surface area contributed by atoms with Crippen LogP contribution in [0.2, 0.25) is 5.02 Å². The predicted octanol–water partition coefficient (Wildman–Crippen LogP) is 3.96. The molecular formula is C19H16ClFN2O4S. The second-order valence-electron chi connectivity index (χ2n) is 6.06. The van der Waals surface area contributed by atoms with Gasteiger partial charge in [-0.1, -0.05) is 48.0 Å². The molecule has 28 heavy (non-hydrogen) atoms. The fourth-order valence-electron chi connectivity index (χ4n) is 2.45. The lowest BCUT2D eigenvalue weighted by atomic mass is 10.1. The molecule has 1 amide bonds. The third kappa shape index (κ3) is 4.09. The average Bonchev–Trinajstić information content (AvgIpc) is 2.64. The van der Waals surface area contributed by atoms with Crippen molar-refractivity contribution in [3.05, 3.63) is 71.0 Å². The molecule has 0 fully saturated rings. The molecule has 0 aromatic heterocycles. The average molecular weight is 423 g/mol. The summed E-state index contributed by atoms with van der Waals surface area (Å²) in [6, 6.07) is 14.9. The van der Waals surface area contributed by atoms with E-state index in [1.54, 1.807) is 16.9 Å². The van der Waals surface area contributed by atoms with Gasteiger partial charge in [0.15, 0.2) is 0 Å². The molecule has 0 saturated heterocycles. The first-order chi connectivity index (χ1) is 13.2. The molecule has 3 aromatic rings. The number of nitrogens with one attached hydrogen (secondary N) is 1. The van der Waals surface area contributed by atoms with Gasteiger partial charge in [0.2, 0.25) is 0 Å². The summed E-state index contributed by atoms with van der Waals surface area (Å²) in [7, 11) is -1.59. The molecule has 0 atom stereocenters. The Kier molecular flexibility index (Phi) is 5.55. The van der Waals surface area contributed by atoms with Crippen molar-refractivity contribution in [3.63, 3.8) is 0 Å². The molecule has 0 aliphatic rings. The minimum Gasteiger partial charge on any atom is -0.455 e. The molecule has 0 aliphatic heterocycles. The van der Waals surface area contributed by atoms with Gasteiger partial charge < -0.3 is 4.74 Å². The number of benzene rings is 3. The highest BCUT2D eigenvalue weighted by Crippen LogP contribution is 2.35. The molecule has 6 nitrogen and oxygen atoms in total. The van der Waals surface area contributed by atoms with Crippen molar-refractivity contribution in [2.24, 2.45) is 0 Å². The Labute approximate surface area is 166 Å². The van der Waals surface area contributed by atoms with Gasteiger partial charge in [-0.15, -0.1) is 0 Å². The van der Waals surface area contributed by atoms with Gasteiger partial charge >= 0.3 is 10.2 Å². The first-order valence-electron chi connectivity index (χ1n) is 8.08. The van der Waals surface area contributed by atoms with E-state index in [9.17, 15) is 17.6 Å². The Morgan fingerprint density at radius 1 is 1.07 bits per heavy atom. The summed E-state index contributed by atoms with van der Waals surface area (Å²) in [5, 5.41) is 1.70. The van der Waals surface area contributed by atoms with Crippen LogP contribution in [0.1, 0.15) is 10.4 Å². The molecule has 0 aliphatic carbocycles. The van der Waals surface area contributed by atoms with Crippen LogP contribution >= 0.6 is 11.6 Å². The van der Waals surface area contributed by atoms with E-state index in [1.165, 1.54) is 14.1 Å². The fourth-order valence-corrected chi connectivity index (χ4v) is 3.18. The monoisotopic (exact) mass is 422 g/mol. The third-order valence-electron chi connectivity index (χ3n) is 3.94. The van der Waals surface area contributed by atoms with Gasteiger partial charge in [0.05, 0.1) is 10.6 Å². The number of halogens is 2. The number of rotatable bonds is 5. The Bertz CT molecular complexity index is 1160. The molecule has 146 valence electrons. The molecule has 3 aromatic carbocycles. The fraction of sp³-hybridized carbons (Fsp3) is 0.105. The number of carbonyl (C=O) groups is 1. The van der Waals surface area contributed by atoms with Crippen LogP contribution in [-0.2, 0) is 10.2 Å². The molecule has 3 rings (SSSR count).